The number of nitrogens with zero attached hydrogens (tertiary/aromatic N) is 5. The Morgan fingerprint density at radius 2 is 2.17 bits per heavy atom. The molecule has 1 fully saturated rings. The molecule has 0 spiro atoms. The van der Waals surface area contributed by atoms with Gasteiger partial charge in [0, 0.05) is 32.3 Å². The van der Waals surface area contributed by atoms with Gasteiger partial charge >= 0.3 is 0 Å². The zero-order chi connectivity index (χ0) is 17.1. The molecule has 2 aromatic rings. The monoisotopic (exact) mass is 328 g/mol. The van der Waals surface area contributed by atoms with E-state index in [2.05, 4.69) is 20.3 Å². The van der Waals surface area contributed by atoms with Crippen LogP contribution >= 0.6 is 0 Å². The number of anilines is 1. The van der Waals surface area contributed by atoms with Crippen LogP contribution in [0.2, 0.25) is 0 Å². The molecule has 0 atom stereocenters. The highest BCUT2D eigenvalue weighted by Crippen LogP contribution is 2.38. The molecule has 2 heterocycles. The smallest absolute Gasteiger partial charge is 0.254 e. The molecule has 1 amide bonds. The first kappa shape index (κ1) is 16.1. The fourth-order valence-electron chi connectivity index (χ4n) is 2.26. The van der Waals surface area contributed by atoms with Crippen molar-refractivity contribution >= 4 is 11.9 Å². The van der Waals surface area contributed by atoms with Crippen LogP contribution in [0.15, 0.2) is 29.5 Å². The minimum Gasteiger partial charge on any atom is -0.349 e. The van der Waals surface area contributed by atoms with Crippen molar-refractivity contribution < 1.29 is 4.79 Å². The van der Waals surface area contributed by atoms with Crippen molar-refractivity contribution in [1.82, 2.24) is 24.8 Å². The van der Waals surface area contributed by atoms with E-state index in [1.807, 2.05) is 14.1 Å². The third-order valence-corrected chi connectivity index (χ3v) is 3.78. The highest BCUT2D eigenvalue weighted by molar-refractivity contribution is 5.75. The van der Waals surface area contributed by atoms with Crippen LogP contribution in [0, 0.1) is 0 Å². The van der Waals surface area contributed by atoms with E-state index in [4.69, 9.17) is 0 Å². The predicted octanol–water partition coefficient (Wildman–Crippen LogP) is 0.293. The van der Waals surface area contributed by atoms with Crippen molar-refractivity contribution in [1.29, 1.82) is 0 Å². The fourth-order valence-corrected chi connectivity index (χ4v) is 2.26. The summed E-state index contributed by atoms with van der Waals surface area (Å²) in [6.07, 6.45) is 5.27. The van der Waals surface area contributed by atoms with Crippen LogP contribution in [0.25, 0.3) is 0 Å². The summed E-state index contributed by atoms with van der Waals surface area (Å²) in [6.45, 7) is 0.229. The lowest BCUT2D eigenvalue weighted by atomic mass is 10.3. The molecule has 1 N–H and O–H groups in total. The number of carbonyl (C=O) groups excluding carboxylic acids is 1. The van der Waals surface area contributed by atoms with Crippen LogP contribution in [0.1, 0.15) is 30.1 Å². The number of amides is 1. The molecular formula is C16H20N6O2. The zero-order valence-corrected chi connectivity index (χ0v) is 13.8. The van der Waals surface area contributed by atoms with Gasteiger partial charge in [0.2, 0.25) is 11.9 Å². The highest BCUT2D eigenvalue weighted by Gasteiger charge is 2.25. The van der Waals surface area contributed by atoms with E-state index in [0.717, 1.165) is 18.5 Å². The molecule has 0 unspecified atom stereocenters. The second-order valence-electron chi connectivity index (χ2n) is 6.07. The van der Waals surface area contributed by atoms with E-state index in [-0.39, 0.29) is 24.6 Å². The van der Waals surface area contributed by atoms with Crippen molar-refractivity contribution in [2.75, 3.05) is 19.0 Å². The van der Waals surface area contributed by atoms with Crippen molar-refractivity contribution in [3.63, 3.8) is 0 Å². The Bertz CT molecular complexity index is 797. The van der Waals surface area contributed by atoms with Gasteiger partial charge in [-0.25, -0.2) is 15.0 Å². The number of aromatic nitrogens is 4. The van der Waals surface area contributed by atoms with Gasteiger partial charge in [-0.1, -0.05) is 0 Å². The number of hydrogen-bond donors (Lipinski definition) is 1. The van der Waals surface area contributed by atoms with Gasteiger partial charge in [-0.2, -0.15) is 0 Å². The Labute approximate surface area is 139 Å². The third kappa shape index (κ3) is 3.95. The van der Waals surface area contributed by atoms with Gasteiger partial charge in [0.15, 0.2) is 0 Å². The lowest BCUT2D eigenvalue weighted by Gasteiger charge is -2.11. The lowest BCUT2D eigenvalue weighted by Crippen LogP contribution is -2.32. The summed E-state index contributed by atoms with van der Waals surface area (Å²) in [5, 5.41) is 2.76. The molecule has 2 aromatic heterocycles. The number of hydrogen-bond acceptors (Lipinski definition) is 6. The van der Waals surface area contributed by atoms with Crippen LogP contribution in [-0.2, 0) is 17.9 Å². The number of nitrogens with one attached hydrogen (secondary N) is 1. The minimum atomic E-state index is -0.261. The maximum absolute atomic E-state index is 12.0. The fraction of sp³-hybridized carbons (Fsp3) is 0.438. The summed E-state index contributed by atoms with van der Waals surface area (Å²) in [5.74, 6) is 0.741. The summed E-state index contributed by atoms with van der Waals surface area (Å²) < 4.78 is 1.31. The van der Waals surface area contributed by atoms with Crippen molar-refractivity contribution in [2.45, 2.75) is 31.8 Å². The Kier molecular flexibility index (Phi) is 4.54. The van der Waals surface area contributed by atoms with Crippen LogP contribution < -0.4 is 15.8 Å². The van der Waals surface area contributed by atoms with Gasteiger partial charge in [-0.3, -0.25) is 14.2 Å². The Balaban J connectivity index is 1.58. The summed E-state index contributed by atoms with van der Waals surface area (Å²) in [7, 11) is 3.70. The first-order chi connectivity index (χ1) is 11.5. The normalized spacial score (nSPS) is 13.6. The Hall–Kier alpha value is -2.77. The molecule has 8 nitrogen and oxygen atoms in total. The second kappa shape index (κ2) is 6.77. The molecule has 0 aromatic carbocycles. The standard InChI is InChI=1S/C16H20N6O2/c1-21(2)16-17-6-5-12(20-16)8-18-14(23)9-22-10-19-13(7-15(22)24)11-3-4-11/h5-7,10-11H,3-4,8-9H2,1-2H3,(H,18,23). The lowest BCUT2D eigenvalue weighted by molar-refractivity contribution is -0.121. The third-order valence-electron chi connectivity index (χ3n) is 3.78. The molecular weight excluding hydrogens is 308 g/mol. The van der Waals surface area contributed by atoms with E-state index in [1.165, 1.54) is 17.0 Å². The molecule has 8 heteroatoms. The van der Waals surface area contributed by atoms with Crippen LogP contribution in [0.5, 0.6) is 0 Å². The Morgan fingerprint density at radius 3 is 2.83 bits per heavy atom. The molecule has 1 saturated carbocycles. The number of carbonyl (C=O) groups is 1. The van der Waals surface area contributed by atoms with Gasteiger partial charge in [-0.05, 0) is 18.9 Å². The van der Waals surface area contributed by atoms with Crippen LogP contribution in [0.3, 0.4) is 0 Å². The SMILES string of the molecule is CN(C)c1nccc(CNC(=O)Cn2cnc(C3CC3)cc2=O)n1. The molecule has 0 bridgehead atoms. The topological polar surface area (TPSA) is 93.0 Å². The van der Waals surface area contributed by atoms with E-state index in [1.54, 1.807) is 17.2 Å². The molecule has 0 saturated heterocycles. The van der Waals surface area contributed by atoms with Crippen molar-refractivity contribution in [3.8, 4) is 0 Å². The molecule has 1 aliphatic carbocycles. The van der Waals surface area contributed by atoms with E-state index in [9.17, 15) is 9.59 Å². The summed E-state index contributed by atoms with van der Waals surface area (Å²) in [5.41, 5.74) is 1.34. The second-order valence-corrected chi connectivity index (χ2v) is 6.07. The van der Waals surface area contributed by atoms with E-state index < -0.39 is 0 Å². The van der Waals surface area contributed by atoms with E-state index in [0.29, 0.717) is 17.6 Å². The Morgan fingerprint density at radius 1 is 1.38 bits per heavy atom. The maximum Gasteiger partial charge on any atom is 0.254 e. The van der Waals surface area contributed by atoms with Gasteiger partial charge in [0.25, 0.3) is 5.56 Å². The molecule has 24 heavy (non-hydrogen) atoms. The highest BCUT2D eigenvalue weighted by atomic mass is 16.2. The number of rotatable bonds is 6. The van der Waals surface area contributed by atoms with E-state index >= 15 is 0 Å². The minimum absolute atomic E-state index is 0.0532. The van der Waals surface area contributed by atoms with Gasteiger partial charge in [-0.15, -0.1) is 0 Å². The average molecular weight is 328 g/mol. The zero-order valence-electron chi connectivity index (χ0n) is 13.8. The summed E-state index contributed by atoms with van der Waals surface area (Å²) in [4.78, 5) is 38.6. The molecule has 1 aliphatic rings. The molecule has 0 radical (unpaired) electrons. The van der Waals surface area contributed by atoms with Gasteiger partial charge < -0.3 is 10.2 Å². The van der Waals surface area contributed by atoms with Crippen LogP contribution in [0.4, 0.5) is 5.95 Å². The first-order valence-corrected chi connectivity index (χ1v) is 7.85. The van der Waals surface area contributed by atoms with Gasteiger partial charge in [0.05, 0.1) is 24.3 Å². The average Bonchev–Trinajstić information content (AvgIpc) is 3.40. The van der Waals surface area contributed by atoms with Crippen LogP contribution in [-0.4, -0.2) is 39.5 Å². The van der Waals surface area contributed by atoms with Gasteiger partial charge in [0.1, 0.15) is 6.54 Å². The summed E-state index contributed by atoms with van der Waals surface area (Å²) in [6, 6.07) is 3.27. The van der Waals surface area contributed by atoms with Crippen molar-refractivity contribution in [2.24, 2.45) is 0 Å². The maximum atomic E-state index is 12.0. The summed E-state index contributed by atoms with van der Waals surface area (Å²) >= 11 is 0. The van der Waals surface area contributed by atoms with Crippen molar-refractivity contribution in [3.05, 3.63) is 46.4 Å². The quantitative estimate of drug-likeness (QED) is 0.819. The molecule has 0 aliphatic heterocycles. The molecule has 3 rings (SSSR count). The molecule has 126 valence electrons. The predicted molar refractivity (Wildman–Crippen MR) is 88.7 cm³/mol. The first-order valence-electron chi connectivity index (χ1n) is 7.85. The largest absolute Gasteiger partial charge is 0.349 e.